The van der Waals surface area contributed by atoms with Gasteiger partial charge < -0.3 is 15.1 Å². The van der Waals surface area contributed by atoms with Gasteiger partial charge in [-0.3, -0.25) is 0 Å². The van der Waals surface area contributed by atoms with Crippen molar-refractivity contribution in [1.29, 1.82) is 0 Å². The summed E-state index contributed by atoms with van der Waals surface area (Å²) in [5, 5.41) is 4.54. The van der Waals surface area contributed by atoms with Crippen LogP contribution in [0.25, 0.3) is 0 Å². The van der Waals surface area contributed by atoms with Crippen LogP contribution in [-0.2, 0) is 0 Å². The van der Waals surface area contributed by atoms with E-state index in [1.165, 1.54) is 38.5 Å². The minimum Gasteiger partial charge on any atom is -0.360 e. The Morgan fingerprint density at radius 3 is 2.53 bits per heavy atom. The van der Waals surface area contributed by atoms with E-state index in [9.17, 15) is 0 Å². The van der Waals surface area contributed by atoms with Gasteiger partial charge in [0, 0.05) is 25.2 Å². The smallest absolute Gasteiger partial charge is 0.169 e. The molecule has 0 bridgehead atoms. The zero-order chi connectivity index (χ0) is 12.3. The lowest BCUT2D eigenvalue weighted by Crippen LogP contribution is -2.52. The number of rotatable bonds is 2. The second kappa shape index (κ2) is 6.01. The van der Waals surface area contributed by atoms with Crippen LogP contribution in [-0.4, -0.2) is 54.2 Å². The van der Waals surface area contributed by atoms with Gasteiger partial charge in [-0.2, -0.15) is 0 Å². The number of likely N-dealkylation sites (tertiary alicyclic amines) is 1. The standard InChI is InChI=1S/C13H25N3S/c1-15(2)12-8-5-9-16(10-12)13(17)14-11-6-3-4-7-11/h11-12H,3-10H2,1-2H3,(H,14,17). The highest BCUT2D eigenvalue weighted by atomic mass is 32.1. The molecule has 1 unspecified atom stereocenters. The Bertz CT molecular complexity index is 261. The van der Waals surface area contributed by atoms with Crippen LogP contribution < -0.4 is 5.32 Å². The molecule has 17 heavy (non-hydrogen) atoms. The molecular formula is C13H25N3S. The Kier molecular flexibility index (Phi) is 4.62. The molecule has 1 atom stereocenters. The monoisotopic (exact) mass is 255 g/mol. The van der Waals surface area contributed by atoms with Gasteiger partial charge in [-0.05, 0) is 52.0 Å². The van der Waals surface area contributed by atoms with E-state index in [4.69, 9.17) is 12.2 Å². The van der Waals surface area contributed by atoms with Crippen molar-refractivity contribution in [2.75, 3.05) is 27.2 Å². The predicted octanol–water partition coefficient (Wildman–Crippen LogP) is 1.83. The normalized spacial score (nSPS) is 26.5. The predicted molar refractivity (Wildman–Crippen MR) is 76.3 cm³/mol. The van der Waals surface area contributed by atoms with Crippen molar-refractivity contribution in [3.05, 3.63) is 0 Å². The molecule has 1 heterocycles. The van der Waals surface area contributed by atoms with Crippen molar-refractivity contribution in [1.82, 2.24) is 15.1 Å². The summed E-state index contributed by atoms with van der Waals surface area (Å²) in [5.41, 5.74) is 0. The molecule has 0 radical (unpaired) electrons. The Hall–Kier alpha value is -0.350. The minimum atomic E-state index is 0.641. The van der Waals surface area contributed by atoms with E-state index < -0.39 is 0 Å². The fourth-order valence-electron chi connectivity index (χ4n) is 2.90. The van der Waals surface area contributed by atoms with Gasteiger partial charge in [0.2, 0.25) is 0 Å². The molecule has 1 aliphatic carbocycles. The van der Waals surface area contributed by atoms with Gasteiger partial charge in [-0.25, -0.2) is 0 Å². The van der Waals surface area contributed by atoms with Gasteiger partial charge in [-0.15, -0.1) is 0 Å². The van der Waals surface area contributed by atoms with Crippen LogP contribution >= 0.6 is 12.2 Å². The van der Waals surface area contributed by atoms with E-state index in [2.05, 4.69) is 29.2 Å². The molecule has 2 aliphatic rings. The van der Waals surface area contributed by atoms with Crippen molar-refractivity contribution >= 4 is 17.3 Å². The van der Waals surface area contributed by atoms with E-state index in [0.29, 0.717) is 12.1 Å². The molecule has 98 valence electrons. The first-order chi connectivity index (χ1) is 8.16. The number of nitrogens with zero attached hydrogens (tertiary/aromatic N) is 2. The molecule has 2 fully saturated rings. The largest absolute Gasteiger partial charge is 0.360 e. The molecule has 1 aliphatic heterocycles. The lowest BCUT2D eigenvalue weighted by Gasteiger charge is -2.38. The van der Waals surface area contributed by atoms with E-state index in [0.717, 1.165) is 18.2 Å². The van der Waals surface area contributed by atoms with E-state index >= 15 is 0 Å². The summed E-state index contributed by atoms with van der Waals surface area (Å²) in [6, 6.07) is 1.30. The summed E-state index contributed by atoms with van der Waals surface area (Å²) >= 11 is 5.55. The highest BCUT2D eigenvalue weighted by molar-refractivity contribution is 7.80. The topological polar surface area (TPSA) is 18.5 Å². The summed E-state index contributed by atoms with van der Waals surface area (Å²) < 4.78 is 0. The summed E-state index contributed by atoms with van der Waals surface area (Å²) in [4.78, 5) is 4.69. The van der Waals surface area contributed by atoms with Crippen LogP contribution in [0.15, 0.2) is 0 Å². The fraction of sp³-hybridized carbons (Fsp3) is 0.923. The quantitative estimate of drug-likeness (QED) is 0.759. The first-order valence-electron chi connectivity index (χ1n) is 6.88. The average molecular weight is 255 g/mol. The molecule has 2 rings (SSSR count). The van der Waals surface area contributed by atoms with Gasteiger partial charge in [0.25, 0.3) is 0 Å². The van der Waals surface area contributed by atoms with Crippen molar-refractivity contribution in [3.8, 4) is 0 Å². The molecule has 0 amide bonds. The summed E-state index contributed by atoms with van der Waals surface area (Å²) in [6.45, 7) is 2.22. The van der Waals surface area contributed by atoms with E-state index in [1.807, 2.05) is 0 Å². The van der Waals surface area contributed by atoms with Crippen molar-refractivity contribution in [2.45, 2.75) is 50.6 Å². The van der Waals surface area contributed by atoms with Crippen molar-refractivity contribution in [2.24, 2.45) is 0 Å². The number of likely N-dealkylation sites (N-methyl/N-ethyl adjacent to an activating group) is 1. The summed E-state index contributed by atoms with van der Waals surface area (Å²) in [5.74, 6) is 0. The number of thiocarbonyl (C=S) groups is 1. The van der Waals surface area contributed by atoms with Crippen molar-refractivity contribution in [3.63, 3.8) is 0 Å². The lowest BCUT2D eigenvalue weighted by atomic mass is 10.1. The highest BCUT2D eigenvalue weighted by Gasteiger charge is 2.24. The molecule has 0 aromatic carbocycles. The van der Waals surface area contributed by atoms with Gasteiger partial charge in [0.05, 0.1) is 0 Å². The molecule has 1 saturated carbocycles. The third kappa shape index (κ3) is 3.55. The van der Waals surface area contributed by atoms with Gasteiger partial charge >= 0.3 is 0 Å². The molecule has 0 aromatic heterocycles. The number of piperidine rings is 1. The highest BCUT2D eigenvalue weighted by Crippen LogP contribution is 2.19. The van der Waals surface area contributed by atoms with E-state index in [-0.39, 0.29) is 0 Å². The third-order valence-electron chi connectivity index (χ3n) is 4.10. The lowest BCUT2D eigenvalue weighted by molar-refractivity contribution is 0.182. The number of nitrogens with one attached hydrogen (secondary N) is 1. The van der Waals surface area contributed by atoms with Gasteiger partial charge in [-0.1, -0.05) is 12.8 Å². The van der Waals surface area contributed by atoms with E-state index in [1.54, 1.807) is 0 Å². The van der Waals surface area contributed by atoms with Crippen LogP contribution in [0.4, 0.5) is 0 Å². The van der Waals surface area contributed by atoms with Crippen LogP contribution in [0.1, 0.15) is 38.5 Å². The molecule has 3 nitrogen and oxygen atoms in total. The zero-order valence-electron chi connectivity index (χ0n) is 11.1. The molecular weight excluding hydrogens is 230 g/mol. The first kappa shape index (κ1) is 13.1. The Balaban J connectivity index is 1.81. The zero-order valence-corrected chi connectivity index (χ0v) is 11.9. The minimum absolute atomic E-state index is 0.641. The second-order valence-electron chi connectivity index (χ2n) is 5.64. The maximum atomic E-state index is 5.55. The van der Waals surface area contributed by atoms with Gasteiger partial charge in [0.1, 0.15) is 0 Å². The number of hydrogen-bond donors (Lipinski definition) is 1. The van der Waals surface area contributed by atoms with Crippen LogP contribution in [0, 0.1) is 0 Å². The van der Waals surface area contributed by atoms with Crippen molar-refractivity contribution < 1.29 is 0 Å². The Morgan fingerprint density at radius 1 is 1.18 bits per heavy atom. The fourth-order valence-corrected chi connectivity index (χ4v) is 3.23. The third-order valence-corrected chi connectivity index (χ3v) is 4.47. The van der Waals surface area contributed by atoms with Gasteiger partial charge in [0.15, 0.2) is 5.11 Å². The summed E-state index contributed by atoms with van der Waals surface area (Å²) in [7, 11) is 4.34. The molecule has 0 aromatic rings. The van der Waals surface area contributed by atoms with Crippen LogP contribution in [0.5, 0.6) is 0 Å². The van der Waals surface area contributed by atoms with Crippen LogP contribution in [0.2, 0.25) is 0 Å². The number of hydrogen-bond acceptors (Lipinski definition) is 2. The molecule has 4 heteroatoms. The average Bonchev–Trinajstić information content (AvgIpc) is 2.82. The molecule has 1 saturated heterocycles. The SMILES string of the molecule is CN(C)C1CCCN(C(=S)NC2CCCC2)C1. The Labute approximate surface area is 111 Å². The Morgan fingerprint density at radius 2 is 1.88 bits per heavy atom. The van der Waals surface area contributed by atoms with Crippen LogP contribution in [0.3, 0.4) is 0 Å². The molecule has 1 N–H and O–H groups in total. The second-order valence-corrected chi connectivity index (χ2v) is 6.02. The first-order valence-corrected chi connectivity index (χ1v) is 7.29. The maximum absolute atomic E-state index is 5.55. The summed E-state index contributed by atoms with van der Waals surface area (Å²) in [6.07, 6.45) is 7.88. The molecule has 0 spiro atoms. The maximum Gasteiger partial charge on any atom is 0.169 e.